The molecule has 1 N–H and O–H groups in total. The third-order valence-corrected chi connectivity index (χ3v) is 3.83. The summed E-state index contributed by atoms with van der Waals surface area (Å²) in [6.07, 6.45) is 1.15. The van der Waals surface area contributed by atoms with E-state index in [0.29, 0.717) is 24.9 Å². The molecule has 0 saturated carbocycles. The summed E-state index contributed by atoms with van der Waals surface area (Å²) in [6, 6.07) is 9.29. The number of rotatable bonds is 5. The molecule has 2 rings (SSSR count). The number of carbonyl (C=O) groups excluding carboxylic acids is 1. The van der Waals surface area contributed by atoms with Crippen LogP contribution in [0.25, 0.3) is 0 Å². The first-order chi connectivity index (χ1) is 10.5. The number of nitrogens with zero attached hydrogens (tertiary/aromatic N) is 3. The summed E-state index contributed by atoms with van der Waals surface area (Å²) in [5.74, 6) is 0.0204. The first-order valence-corrected chi connectivity index (χ1v) is 7.26. The zero-order valence-corrected chi connectivity index (χ0v) is 13.2. The fraction of sp³-hybridized carbons (Fsp3) is 0.353. The minimum absolute atomic E-state index is 0.0204. The molecule has 5 heteroatoms. The molecule has 0 fully saturated rings. The van der Waals surface area contributed by atoms with Crippen LogP contribution < -0.4 is 5.32 Å². The van der Waals surface area contributed by atoms with Gasteiger partial charge in [-0.3, -0.25) is 9.48 Å². The van der Waals surface area contributed by atoms with E-state index >= 15 is 0 Å². The molecule has 0 aliphatic rings. The molecule has 0 unspecified atom stereocenters. The summed E-state index contributed by atoms with van der Waals surface area (Å²) in [6.45, 7) is 4.47. The van der Waals surface area contributed by atoms with Crippen LogP contribution in [0.1, 0.15) is 34.5 Å². The Kier molecular flexibility index (Phi) is 4.95. The van der Waals surface area contributed by atoms with Crippen molar-refractivity contribution in [1.82, 2.24) is 15.1 Å². The molecule has 1 aromatic heterocycles. The van der Waals surface area contributed by atoms with E-state index < -0.39 is 0 Å². The number of carbonyl (C=O) groups is 1. The van der Waals surface area contributed by atoms with E-state index in [4.69, 9.17) is 5.26 Å². The quantitative estimate of drug-likeness (QED) is 0.919. The lowest BCUT2D eigenvalue weighted by molar-refractivity contribution is -0.121. The number of nitriles is 1. The fourth-order valence-corrected chi connectivity index (χ4v) is 2.40. The zero-order chi connectivity index (χ0) is 16.1. The Balaban J connectivity index is 1.84. The third-order valence-electron chi connectivity index (χ3n) is 3.83. The van der Waals surface area contributed by atoms with Gasteiger partial charge >= 0.3 is 0 Å². The number of aromatic nitrogens is 2. The largest absolute Gasteiger partial charge is 0.352 e. The smallest absolute Gasteiger partial charge is 0.220 e. The van der Waals surface area contributed by atoms with E-state index in [1.165, 1.54) is 0 Å². The molecule has 0 atom stereocenters. The molecule has 0 aliphatic carbocycles. The predicted octanol–water partition coefficient (Wildman–Crippen LogP) is 2.16. The number of hydrogen-bond donors (Lipinski definition) is 1. The molecule has 0 radical (unpaired) electrons. The first-order valence-electron chi connectivity index (χ1n) is 7.26. The predicted molar refractivity (Wildman–Crippen MR) is 84.0 cm³/mol. The Hall–Kier alpha value is -2.61. The second-order valence-electron chi connectivity index (χ2n) is 5.36. The topological polar surface area (TPSA) is 70.7 Å². The lowest BCUT2D eigenvalue weighted by atomic mass is 10.1. The summed E-state index contributed by atoms with van der Waals surface area (Å²) >= 11 is 0. The van der Waals surface area contributed by atoms with Crippen molar-refractivity contribution in [2.45, 2.75) is 33.2 Å². The molecule has 0 spiro atoms. The standard InChI is InChI=1S/C17H20N4O/c1-12-16(13(2)21(3)20-12)8-9-17(22)19-11-15-6-4-14(10-18)5-7-15/h4-7H,8-9,11H2,1-3H3,(H,19,22). The van der Waals surface area contributed by atoms with Crippen LogP contribution in [0, 0.1) is 25.2 Å². The van der Waals surface area contributed by atoms with Crippen molar-refractivity contribution >= 4 is 5.91 Å². The lowest BCUT2D eigenvalue weighted by Crippen LogP contribution is -2.23. The summed E-state index contributed by atoms with van der Waals surface area (Å²) in [4.78, 5) is 12.0. The van der Waals surface area contributed by atoms with E-state index in [-0.39, 0.29) is 5.91 Å². The molecule has 114 valence electrons. The molecule has 1 amide bonds. The van der Waals surface area contributed by atoms with E-state index in [9.17, 15) is 4.79 Å². The second-order valence-corrected chi connectivity index (χ2v) is 5.36. The van der Waals surface area contributed by atoms with E-state index in [1.807, 2.05) is 37.7 Å². The molecule has 1 heterocycles. The maximum atomic E-state index is 12.0. The van der Waals surface area contributed by atoms with Crippen LogP contribution in [0.3, 0.4) is 0 Å². The monoisotopic (exact) mass is 296 g/mol. The van der Waals surface area contributed by atoms with Crippen molar-refractivity contribution in [3.8, 4) is 6.07 Å². The van der Waals surface area contributed by atoms with E-state index in [0.717, 1.165) is 22.5 Å². The fourth-order valence-electron chi connectivity index (χ4n) is 2.40. The van der Waals surface area contributed by atoms with Crippen LogP contribution >= 0.6 is 0 Å². The van der Waals surface area contributed by atoms with Crippen molar-refractivity contribution in [3.05, 3.63) is 52.3 Å². The summed E-state index contributed by atoms with van der Waals surface area (Å²) < 4.78 is 1.85. The van der Waals surface area contributed by atoms with Gasteiger partial charge in [0.15, 0.2) is 0 Å². The lowest BCUT2D eigenvalue weighted by Gasteiger charge is -2.06. The minimum atomic E-state index is 0.0204. The van der Waals surface area contributed by atoms with Crippen molar-refractivity contribution in [2.24, 2.45) is 7.05 Å². The van der Waals surface area contributed by atoms with Crippen LogP contribution in [0.4, 0.5) is 0 Å². The van der Waals surface area contributed by atoms with E-state index in [1.54, 1.807) is 12.1 Å². The SMILES string of the molecule is Cc1nn(C)c(C)c1CCC(=O)NCc1ccc(C#N)cc1. The number of nitrogens with one attached hydrogen (secondary N) is 1. The van der Waals surface area contributed by atoms with Gasteiger partial charge in [-0.2, -0.15) is 10.4 Å². The van der Waals surface area contributed by atoms with Gasteiger partial charge in [0.2, 0.25) is 5.91 Å². The van der Waals surface area contributed by atoms with Gasteiger partial charge in [-0.15, -0.1) is 0 Å². The van der Waals surface area contributed by atoms with Gasteiger partial charge in [-0.25, -0.2) is 0 Å². The van der Waals surface area contributed by atoms with Crippen molar-refractivity contribution in [2.75, 3.05) is 0 Å². The van der Waals surface area contributed by atoms with Gasteiger partial charge in [-0.1, -0.05) is 12.1 Å². The maximum Gasteiger partial charge on any atom is 0.220 e. The van der Waals surface area contributed by atoms with Gasteiger partial charge in [0.25, 0.3) is 0 Å². The average Bonchev–Trinajstić information content (AvgIpc) is 2.76. The Morgan fingerprint density at radius 3 is 2.55 bits per heavy atom. The minimum Gasteiger partial charge on any atom is -0.352 e. The third kappa shape index (κ3) is 3.73. The molecule has 0 bridgehead atoms. The van der Waals surface area contributed by atoms with Crippen molar-refractivity contribution in [3.63, 3.8) is 0 Å². The number of aryl methyl sites for hydroxylation is 2. The molecule has 0 saturated heterocycles. The number of benzene rings is 1. The van der Waals surface area contributed by atoms with Crippen LogP contribution in [-0.2, 0) is 24.8 Å². The van der Waals surface area contributed by atoms with Gasteiger partial charge in [0.05, 0.1) is 17.3 Å². The first kappa shape index (κ1) is 15.8. The zero-order valence-electron chi connectivity index (χ0n) is 13.2. The summed E-state index contributed by atoms with van der Waals surface area (Å²) in [5, 5.41) is 16.0. The van der Waals surface area contributed by atoms with Gasteiger partial charge < -0.3 is 5.32 Å². The van der Waals surface area contributed by atoms with E-state index in [2.05, 4.69) is 16.5 Å². The highest BCUT2D eigenvalue weighted by Crippen LogP contribution is 2.14. The Morgan fingerprint density at radius 2 is 2.00 bits per heavy atom. The normalized spacial score (nSPS) is 10.3. The van der Waals surface area contributed by atoms with Crippen LogP contribution in [-0.4, -0.2) is 15.7 Å². The number of amides is 1. The highest BCUT2D eigenvalue weighted by molar-refractivity contribution is 5.76. The summed E-state index contributed by atoms with van der Waals surface area (Å²) in [7, 11) is 1.91. The Bertz CT molecular complexity index is 707. The van der Waals surface area contributed by atoms with Gasteiger partial charge in [0, 0.05) is 25.7 Å². The van der Waals surface area contributed by atoms with Gasteiger partial charge in [0.1, 0.15) is 0 Å². The molecule has 0 aliphatic heterocycles. The van der Waals surface area contributed by atoms with Crippen molar-refractivity contribution in [1.29, 1.82) is 5.26 Å². The highest BCUT2D eigenvalue weighted by atomic mass is 16.1. The van der Waals surface area contributed by atoms with Crippen LogP contribution in [0.15, 0.2) is 24.3 Å². The average molecular weight is 296 g/mol. The Labute approximate surface area is 130 Å². The second kappa shape index (κ2) is 6.90. The van der Waals surface area contributed by atoms with Crippen molar-refractivity contribution < 1.29 is 4.79 Å². The Morgan fingerprint density at radius 1 is 1.32 bits per heavy atom. The number of hydrogen-bond acceptors (Lipinski definition) is 3. The highest BCUT2D eigenvalue weighted by Gasteiger charge is 2.11. The molecular formula is C17H20N4O. The molecule has 1 aromatic carbocycles. The summed E-state index contributed by atoms with van der Waals surface area (Å²) in [5.41, 5.74) is 4.85. The molecule has 22 heavy (non-hydrogen) atoms. The van der Waals surface area contributed by atoms with Crippen LogP contribution in [0.2, 0.25) is 0 Å². The molecular weight excluding hydrogens is 276 g/mol. The molecule has 2 aromatic rings. The van der Waals surface area contributed by atoms with Crippen LogP contribution in [0.5, 0.6) is 0 Å². The van der Waals surface area contributed by atoms with Gasteiger partial charge in [-0.05, 0) is 43.5 Å². The molecule has 5 nitrogen and oxygen atoms in total. The maximum absolute atomic E-state index is 12.0.